The van der Waals surface area contributed by atoms with Crippen molar-refractivity contribution in [3.05, 3.63) is 28.5 Å². The highest BCUT2D eigenvalue weighted by Crippen LogP contribution is 2.33. The van der Waals surface area contributed by atoms with Gasteiger partial charge in [-0.2, -0.15) is 4.98 Å². The predicted molar refractivity (Wildman–Crippen MR) is 68.9 cm³/mol. The van der Waals surface area contributed by atoms with Crippen molar-refractivity contribution in [2.75, 3.05) is 12.3 Å². The third-order valence-corrected chi connectivity index (χ3v) is 3.24. The molecule has 1 saturated heterocycles. The van der Waals surface area contributed by atoms with Crippen molar-refractivity contribution in [3.8, 4) is 0 Å². The first kappa shape index (κ1) is 12.6. The molecule has 0 aromatic carbocycles. The van der Waals surface area contributed by atoms with Crippen LogP contribution in [-0.4, -0.2) is 42.4 Å². The summed E-state index contributed by atoms with van der Waals surface area (Å²) in [6, 6.07) is 0. The number of aromatic amines is 1. The average Bonchev–Trinajstić information content (AvgIpc) is 3.01. The number of nitrogens with zero attached hydrogens (tertiary/aromatic N) is 3. The smallest absolute Gasteiger partial charge is 0.280 e. The molecule has 1 aliphatic rings. The summed E-state index contributed by atoms with van der Waals surface area (Å²) in [7, 11) is 0. The van der Waals surface area contributed by atoms with Gasteiger partial charge in [0.05, 0.1) is 19.2 Å². The zero-order valence-electron chi connectivity index (χ0n) is 10.4. The second-order valence-electron chi connectivity index (χ2n) is 4.45. The zero-order chi connectivity index (χ0) is 14.3. The molecular weight excluding hydrogens is 266 g/mol. The van der Waals surface area contributed by atoms with Gasteiger partial charge in [0.25, 0.3) is 5.56 Å². The highest BCUT2D eigenvalue weighted by atomic mass is 16.5. The fourth-order valence-corrected chi connectivity index (χ4v) is 2.27. The van der Waals surface area contributed by atoms with Crippen molar-refractivity contribution >= 4 is 17.1 Å². The molecular formula is C11H13N5O4. The first-order chi connectivity index (χ1) is 9.63. The molecule has 1 fully saturated rings. The Hall–Kier alpha value is -2.39. The van der Waals surface area contributed by atoms with Gasteiger partial charge in [0, 0.05) is 6.42 Å². The van der Waals surface area contributed by atoms with Crippen LogP contribution in [0.25, 0.3) is 11.2 Å². The molecule has 3 heterocycles. The minimum absolute atomic E-state index is 0.0149. The van der Waals surface area contributed by atoms with Gasteiger partial charge in [-0.15, -0.1) is 0 Å². The lowest BCUT2D eigenvalue weighted by atomic mass is 10.1. The Balaban J connectivity index is 2.06. The fourth-order valence-electron chi connectivity index (χ4n) is 2.27. The number of aliphatic hydroxyl groups is 2. The molecule has 1 aliphatic heterocycles. The van der Waals surface area contributed by atoms with Crippen molar-refractivity contribution in [3.63, 3.8) is 0 Å². The summed E-state index contributed by atoms with van der Waals surface area (Å²) in [5.74, 6) is -0.0149. The molecule has 2 atom stereocenters. The first-order valence-electron chi connectivity index (χ1n) is 5.96. The summed E-state index contributed by atoms with van der Waals surface area (Å²) < 4.78 is 7.15. The van der Waals surface area contributed by atoms with Crippen molar-refractivity contribution in [1.82, 2.24) is 19.5 Å². The molecule has 9 nitrogen and oxygen atoms in total. The maximum absolute atomic E-state index is 11.7. The number of rotatable bonds is 2. The number of hydrogen-bond acceptors (Lipinski definition) is 7. The molecule has 106 valence electrons. The summed E-state index contributed by atoms with van der Waals surface area (Å²) >= 11 is 0. The van der Waals surface area contributed by atoms with Gasteiger partial charge in [0.1, 0.15) is 12.3 Å². The zero-order valence-corrected chi connectivity index (χ0v) is 10.4. The Bertz CT molecular complexity index is 734. The standard InChI is InChI=1S/C11H13N5O4/c12-11-14-9-8(10(19)15-11)13-4-16(9)7-1-5(2-17)6(3-18)20-7/h2,4,6-7,17-18H,1,3H2,(H3,12,14,15,19)/b5-2-/t6-,7-/m1/s1. The number of nitrogen functional groups attached to an aromatic ring is 1. The second-order valence-corrected chi connectivity index (χ2v) is 4.45. The molecule has 2 aromatic rings. The minimum atomic E-state index is -0.582. The molecule has 0 aliphatic carbocycles. The summed E-state index contributed by atoms with van der Waals surface area (Å²) in [5, 5.41) is 18.3. The third kappa shape index (κ3) is 1.84. The molecule has 2 aromatic heterocycles. The topological polar surface area (TPSA) is 139 Å². The fraction of sp³-hybridized carbons (Fsp3) is 0.364. The molecule has 20 heavy (non-hydrogen) atoms. The van der Waals surface area contributed by atoms with E-state index in [1.807, 2.05) is 0 Å². The van der Waals surface area contributed by atoms with Crippen LogP contribution in [0.2, 0.25) is 0 Å². The van der Waals surface area contributed by atoms with Crippen LogP contribution in [0.1, 0.15) is 12.6 Å². The predicted octanol–water partition coefficient (Wildman–Crippen LogP) is -0.577. The molecule has 9 heteroatoms. The monoisotopic (exact) mass is 279 g/mol. The number of H-pyrrole nitrogens is 1. The van der Waals surface area contributed by atoms with Crippen LogP contribution < -0.4 is 11.3 Å². The lowest BCUT2D eigenvalue weighted by Crippen LogP contribution is -2.16. The number of aliphatic hydroxyl groups excluding tert-OH is 2. The number of hydrogen-bond donors (Lipinski definition) is 4. The Morgan fingerprint density at radius 1 is 1.65 bits per heavy atom. The van der Waals surface area contributed by atoms with Crippen molar-refractivity contribution in [1.29, 1.82) is 0 Å². The lowest BCUT2D eigenvalue weighted by Gasteiger charge is -2.13. The van der Waals surface area contributed by atoms with Gasteiger partial charge in [-0.05, 0) is 5.57 Å². The lowest BCUT2D eigenvalue weighted by molar-refractivity contribution is -0.0149. The van der Waals surface area contributed by atoms with E-state index in [-0.39, 0.29) is 18.1 Å². The highest BCUT2D eigenvalue weighted by Gasteiger charge is 2.32. The summed E-state index contributed by atoms with van der Waals surface area (Å²) in [5.41, 5.74) is 6.11. The Morgan fingerprint density at radius 2 is 2.45 bits per heavy atom. The third-order valence-electron chi connectivity index (χ3n) is 3.24. The van der Waals surface area contributed by atoms with Gasteiger partial charge < -0.3 is 20.7 Å². The Labute approximate surface area is 112 Å². The average molecular weight is 279 g/mol. The molecule has 0 radical (unpaired) electrons. The summed E-state index contributed by atoms with van der Waals surface area (Å²) in [6.07, 6.45) is 1.62. The van der Waals surface area contributed by atoms with E-state index in [4.69, 9.17) is 15.6 Å². The molecule has 0 saturated carbocycles. The molecule has 0 unspecified atom stereocenters. The second kappa shape index (κ2) is 4.62. The van der Waals surface area contributed by atoms with Gasteiger partial charge in [0.2, 0.25) is 5.95 Å². The molecule has 5 N–H and O–H groups in total. The van der Waals surface area contributed by atoms with Crippen molar-refractivity contribution in [2.24, 2.45) is 0 Å². The van der Waals surface area contributed by atoms with Crippen LogP contribution in [0.4, 0.5) is 5.95 Å². The number of nitrogens with two attached hydrogens (primary N) is 1. The molecule has 0 bridgehead atoms. The van der Waals surface area contributed by atoms with Gasteiger partial charge in [-0.1, -0.05) is 0 Å². The van der Waals surface area contributed by atoms with Crippen LogP contribution in [0.3, 0.4) is 0 Å². The van der Waals surface area contributed by atoms with E-state index in [9.17, 15) is 9.90 Å². The summed E-state index contributed by atoms with van der Waals surface area (Å²) in [6.45, 7) is -0.244. The van der Waals surface area contributed by atoms with Crippen molar-refractivity contribution < 1.29 is 14.9 Å². The number of anilines is 1. The highest BCUT2D eigenvalue weighted by molar-refractivity contribution is 5.70. The Morgan fingerprint density at radius 3 is 3.10 bits per heavy atom. The van der Waals surface area contributed by atoms with E-state index in [0.29, 0.717) is 17.6 Å². The van der Waals surface area contributed by atoms with Crippen LogP contribution in [0.15, 0.2) is 23.0 Å². The molecule has 3 rings (SSSR count). The van der Waals surface area contributed by atoms with Crippen LogP contribution >= 0.6 is 0 Å². The SMILES string of the molecule is Nc1nc2c(ncn2[C@H]2C/C(=C/O)[C@@H](CO)O2)c(=O)[nH]1. The van der Waals surface area contributed by atoms with Crippen LogP contribution in [0, 0.1) is 0 Å². The van der Waals surface area contributed by atoms with E-state index >= 15 is 0 Å². The van der Waals surface area contributed by atoms with E-state index in [2.05, 4.69) is 15.0 Å². The number of imidazole rings is 1. The summed E-state index contributed by atoms with van der Waals surface area (Å²) in [4.78, 5) is 22.1. The van der Waals surface area contributed by atoms with Gasteiger partial charge in [0.15, 0.2) is 11.2 Å². The van der Waals surface area contributed by atoms with Gasteiger partial charge >= 0.3 is 0 Å². The minimum Gasteiger partial charge on any atom is -0.516 e. The van der Waals surface area contributed by atoms with E-state index in [1.165, 1.54) is 6.33 Å². The maximum atomic E-state index is 11.7. The Kier molecular flexibility index (Phi) is 2.92. The van der Waals surface area contributed by atoms with Crippen LogP contribution in [0.5, 0.6) is 0 Å². The largest absolute Gasteiger partial charge is 0.516 e. The van der Waals surface area contributed by atoms with Gasteiger partial charge in [-0.3, -0.25) is 14.3 Å². The number of aromatic nitrogens is 4. The first-order valence-corrected chi connectivity index (χ1v) is 5.96. The van der Waals surface area contributed by atoms with Crippen LogP contribution in [-0.2, 0) is 4.74 Å². The van der Waals surface area contributed by atoms with Gasteiger partial charge in [-0.25, -0.2) is 4.98 Å². The van der Waals surface area contributed by atoms with E-state index in [0.717, 1.165) is 6.26 Å². The molecule has 0 spiro atoms. The normalized spacial score (nSPS) is 24.8. The van der Waals surface area contributed by atoms with E-state index in [1.54, 1.807) is 4.57 Å². The van der Waals surface area contributed by atoms with E-state index < -0.39 is 17.9 Å². The number of fused-ring (bicyclic) bond motifs is 1. The number of nitrogens with one attached hydrogen (secondary N) is 1. The molecule has 0 amide bonds. The van der Waals surface area contributed by atoms with Crippen molar-refractivity contribution in [2.45, 2.75) is 18.8 Å². The quantitative estimate of drug-likeness (QED) is 0.539. The number of ether oxygens (including phenoxy) is 1. The maximum Gasteiger partial charge on any atom is 0.280 e.